The molecule has 0 aliphatic carbocycles. The van der Waals surface area contributed by atoms with Crippen molar-refractivity contribution in [3.05, 3.63) is 70.2 Å². The zero-order chi connectivity index (χ0) is 18.3. The van der Waals surface area contributed by atoms with Crippen LogP contribution >= 0.6 is 22.9 Å². The highest BCUT2D eigenvalue weighted by molar-refractivity contribution is 7.14. The van der Waals surface area contributed by atoms with Gasteiger partial charge in [0.25, 0.3) is 5.91 Å². The molecule has 0 saturated heterocycles. The number of amides is 1. The molecule has 0 aliphatic rings. The number of fused-ring (bicyclic) bond motifs is 1. The number of aryl methyl sites for hydroxylation is 2. The summed E-state index contributed by atoms with van der Waals surface area (Å²) in [5.41, 5.74) is 4.54. The summed E-state index contributed by atoms with van der Waals surface area (Å²) in [5, 5.41) is 6.89. The van der Waals surface area contributed by atoms with Crippen molar-refractivity contribution in [1.82, 2.24) is 9.55 Å². The van der Waals surface area contributed by atoms with Crippen LogP contribution in [0.5, 0.6) is 0 Å². The molecular weight excluding hydrogens is 366 g/mol. The second-order valence-corrected chi connectivity index (χ2v) is 7.38. The van der Waals surface area contributed by atoms with Crippen molar-refractivity contribution in [2.45, 2.75) is 6.92 Å². The number of benzene rings is 2. The number of rotatable bonds is 3. The monoisotopic (exact) mass is 381 g/mol. The summed E-state index contributed by atoms with van der Waals surface area (Å²) in [6.07, 6.45) is 0. The average molecular weight is 382 g/mol. The lowest BCUT2D eigenvalue weighted by atomic mass is 10.1. The Hall–Kier alpha value is -2.63. The molecule has 2 aromatic carbocycles. The zero-order valence-electron chi connectivity index (χ0n) is 14.3. The molecule has 0 fully saturated rings. The molecule has 0 saturated carbocycles. The van der Waals surface area contributed by atoms with E-state index < -0.39 is 0 Å². The first-order valence-corrected chi connectivity index (χ1v) is 9.36. The van der Waals surface area contributed by atoms with Crippen LogP contribution in [-0.2, 0) is 7.05 Å². The van der Waals surface area contributed by atoms with Gasteiger partial charge in [-0.05, 0) is 25.1 Å². The number of hydrogen-bond acceptors (Lipinski definition) is 3. The first kappa shape index (κ1) is 16.8. The molecular formula is C20H16ClN3OS. The number of thiazole rings is 1. The van der Waals surface area contributed by atoms with Gasteiger partial charge in [-0.25, -0.2) is 4.98 Å². The minimum atomic E-state index is -0.204. The Kier molecular flexibility index (Phi) is 4.26. The van der Waals surface area contributed by atoms with Crippen LogP contribution < -0.4 is 5.32 Å². The van der Waals surface area contributed by atoms with Gasteiger partial charge < -0.3 is 4.57 Å². The SMILES string of the molecule is Cc1ccc(-c2csc(NC(=O)c3cc4c(Cl)cccc4n3C)n2)cc1. The average Bonchev–Trinajstić information content (AvgIpc) is 3.22. The molecule has 0 spiro atoms. The van der Waals surface area contributed by atoms with E-state index in [1.165, 1.54) is 16.9 Å². The summed E-state index contributed by atoms with van der Waals surface area (Å²) in [4.78, 5) is 17.2. The topological polar surface area (TPSA) is 46.9 Å². The van der Waals surface area contributed by atoms with Crippen molar-refractivity contribution >= 4 is 44.9 Å². The Bertz CT molecular complexity index is 1110. The van der Waals surface area contributed by atoms with Crippen LogP contribution in [0.25, 0.3) is 22.2 Å². The summed E-state index contributed by atoms with van der Waals surface area (Å²) < 4.78 is 1.84. The summed E-state index contributed by atoms with van der Waals surface area (Å²) in [5.74, 6) is -0.204. The Morgan fingerprint density at radius 1 is 1.19 bits per heavy atom. The molecule has 6 heteroatoms. The molecule has 130 valence electrons. The maximum Gasteiger partial charge on any atom is 0.274 e. The van der Waals surface area contributed by atoms with Gasteiger partial charge in [0.15, 0.2) is 5.13 Å². The smallest absolute Gasteiger partial charge is 0.274 e. The number of hydrogen-bond donors (Lipinski definition) is 1. The molecule has 4 nitrogen and oxygen atoms in total. The van der Waals surface area contributed by atoms with Crippen molar-refractivity contribution in [3.63, 3.8) is 0 Å². The third kappa shape index (κ3) is 3.00. The normalized spacial score (nSPS) is 11.0. The van der Waals surface area contributed by atoms with Crippen molar-refractivity contribution in [1.29, 1.82) is 0 Å². The predicted octanol–water partition coefficient (Wildman–Crippen LogP) is 5.52. The third-order valence-corrected chi connectivity index (χ3v) is 5.43. The highest BCUT2D eigenvalue weighted by Gasteiger charge is 2.16. The van der Waals surface area contributed by atoms with E-state index in [4.69, 9.17) is 11.6 Å². The lowest BCUT2D eigenvalue weighted by Crippen LogP contribution is -2.15. The maximum atomic E-state index is 12.7. The highest BCUT2D eigenvalue weighted by atomic mass is 35.5. The van der Waals surface area contributed by atoms with Crippen LogP contribution in [0.4, 0.5) is 5.13 Å². The molecule has 0 unspecified atom stereocenters. The maximum absolute atomic E-state index is 12.7. The fourth-order valence-corrected chi connectivity index (χ4v) is 3.83. The minimum absolute atomic E-state index is 0.204. The molecule has 2 aromatic heterocycles. The van der Waals surface area contributed by atoms with Gasteiger partial charge in [0.05, 0.1) is 5.69 Å². The van der Waals surface area contributed by atoms with Crippen LogP contribution in [0.3, 0.4) is 0 Å². The fourth-order valence-electron chi connectivity index (χ4n) is 2.89. The molecule has 0 atom stereocenters. The van der Waals surface area contributed by atoms with E-state index in [0.717, 1.165) is 22.2 Å². The van der Waals surface area contributed by atoms with E-state index in [9.17, 15) is 4.79 Å². The van der Waals surface area contributed by atoms with Crippen molar-refractivity contribution in [2.75, 3.05) is 5.32 Å². The van der Waals surface area contributed by atoms with Gasteiger partial charge in [-0.3, -0.25) is 10.1 Å². The van der Waals surface area contributed by atoms with E-state index in [1.807, 2.05) is 72.4 Å². The summed E-state index contributed by atoms with van der Waals surface area (Å²) in [6.45, 7) is 2.05. The lowest BCUT2D eigenvalue weighted by Gasteiger charge is -2.04. The first-order chi connectivity index (χ1) is 12.5. The number of carbonyl (C=O) groups is 1. The summed E-state index contributed by atoms with van der Waals surface area (Å²) >= 11 is 7.64. The van der Waals surface area contributed by atoms with Crippen LogP contribution in [0, 0.1) is 6.92 Å². The minimum Gasteiger partial charge on any atom is -0.340 e. The van der Waals surface area contributed by atoms with E-state index in [0.29, 0.717) is 15.8 Å². The van der Waals surface area contributed by atoms with Crippen molar-refractivity contribution in [3.8, 4) is 11.3 Å². The predicted molar refractivity (Wildman–Crippen MR) is 108 cm³/mol. The fraction of sp³-hybridized carbons (Fsp3) is 0.100. The van der Waals surface area contributed by atoms with E-state index >= 15 is 0 Å². The van der Waals surface area contributed by atoms with Gasteiger partial charge in [-0.15, -0.1) is 11.3 Å². The van der Waals surface area contributed by atoms with Crippen molar-refractivity contribution < 1.29 is 4.79 Å². The second kappa shape index (κ2) is 6.59. The van der Waals surface area contributed by atoms with Crippen LogP contribution in [0.15, 0.2) is 53.9 Å². The molecule has 1 amide bonds. The highest BCUT2D eigenvalue weighted by Crippen LogP contribution is 2.28. The first-order valence-electron chi connectivity index (χ1n) is 8.11. The molecule has 2 heterocycles. The second-order valence-electron chi connectivity index (χ2n) is 6.12. The Morgan fingerprint density at radius 2 is 1.96 bits per heavy atom. The number of halogens is 1. The molecule has 0 radical (unpaired) electrons. The van der Waals surface area contributed by atoms with Gasteiger partial charge in [0.2, 0.25) is 0 Å². The Morgan fingerprint density at radius 3 is 2.69 bits per heavy atom. The van der Waals surface area contributed by atoms with Crippen molar-refractivity contribution in [2.24, 2.45) is 7.05 Å². The van der Waals surface area contributed by atoms with E-state index in [-0.39, 0.29) is 5.91 Å². The van der Waals surface area contributed by atoms with Gasteiger partial charge >= 0.3 is 0 Å². The molecule has 26 heavy (non-hydrogen) atoms. The van der Waals surface area contributed by atoms with Crippen LogP contribution in [-0.4, -0.2) is 15.5 Å². The number of carbonyl (C=O) groups excluding carboxylic acids is 1. The van der Waals surface area contributed by atoms with Gasteiger partial charge in [-0.1, -0.05) is 47.5 Å². The molecule has 1 N–H and O–H groups in total. The van der Waals surface area contributed by atoms with Gasteiger partial charge in [0.1, 0.15) is 5.69 Å². The number of nitrogens with one attached hydrogen (secondary N) is 1. The standard InChI is InChI=1S/C20H16ClN3OS/c1-12-6-8-13(9-7-12)16-11-26-20(22-16)23-19(25)18-10-14-15(21)4-3-5-17(14)24(18)2/h3-11H,1-2H3,(H,22,23,25). The quantitative estimate of drug-likeness (QED) is 0.508. The summed E-state index contributed by atoms with van der Waals surface area (Å²) in [6, 6.07) is 15.6. The molecule has 0 bridgehead atoms. The van der Waals surface area contributed by atoms with E-state index in [2.05, 4.69) is 10.3 Å². The number of nitrogens with zero attached hydrogens (tertiary/aromatic N) is 2. The number of aromatic nitrogens is 2. The Labute approximate surface area is 160 Å². The molecule has 0 aliphatic heterocycles. The summed E-state index contributed by atoms with van der Waals surface area (Å²) in [7, 11) is 1.85. The molecule has 4 rings (SSSR count). The van der Waals surface area contributed by atoms with Gasteiger partial charge in [-0.2, -0.15) is 0 Å². The van der Waals surface area contributed by atoms with E-state index in [1.54, 1.807) is 0 Å². The lowest BCUT2D eigenvalue weighted by molar-refractivity contribution is 0.101. The largest absolute Gasteiger partial charge is 0.340 e. The van der Waals surface area contributed by atoms with Gasteiger partial charge in [0, 0.05) is 33.9 Å². The van der Waals surface area contributed by atoms with Crippen LogP contribution in [0.2, 0.25) is 5.02 Å². The number of anilines is 1. The Balaban J connectivity index is 1.60. The molecule has 4 aromatic rings. The third-order valence-electron chi connectivity index (χ3n) is 4.34. The van der Waals surface area contributed by atoms with Crippen LogP contribution in [0.1, 0.15) is 16.1 Å². The zero-order valence-corrected chi connectivity index (χ0v) is 15.9.